The number of benzene rings is 2. The van der Waals surface area contributed by atoms with E-state index in [-0.39, 0.29) is 23.6 Å². The van der Waals surface area contributed by atoms with Crippen LogP contribution >= 0.6 is 0 Å². The number of nitriles is 1. The highest BCUT2D eigenvalue weighted by Gasteiger charge is 2.14. The number of nitrogens with zero attached hydrogens (tertiary/aromatic N) is 1. The van der Waals surface area contributed by atoms with Crippen molar-refractivity contribution in [2.75, 3.05) is 6.54 Å². The average molecular weight is 428 g/mol. The van der Waals surface area contributed by atoms with Crippen LogP contribution in [0.4, 0.5) is 0 Å². The largest absolute Gasteiger partial charge is 0.481 e. The van der Waals surface area contributed by atoms with Crippen LogP contribution in [-0.2, 0) is 14.8 Å². The first-order chi connectivity index (χ1) is 14.2. The van der Waals surface area contributed by atoms with Gasteiger partial charge in [0, 0.05) is 12.1 Å². The predicted molar refractivity (Wildman–Crippen MR) is 109 cm³/mol. The van der Waals surface area contributed by atoms with E-state index in [2.05, 4.69) is 4.72 Å². The van der Waals surface area contributed by atoms with E-state index in [0.29, 0.717) is 11.3 Å². The molecule has 30 heavy (non-hydrogen) atoms. The summed E-state index contributed by atoms with van der Waals surface area (Å²) in [6.07, 6.45) is 2.08. The first-order valence-electron chi connectivity index (χ1n) is 8.91. The van der Waals surface area contributed by atoms with E-state index in [1.54, 1.807) is 37.3 Å². The Hall–Kier alpha value is -3.48. The number of carbonyl (C=O) groups is 2. The van der Waals surface area contributed by atoms with Gasteiger partial charge < -0.3 is 9.84 Å². The molecule has 0 aromatic heterocycles. The minimum absolute atomic E-state index is 0.0596. The van der Waals surface area contributed by atoms with Crippen LogP contribution in [0.2, 0.25) is 0 Å². The molecule has 0 aliphatic heterocycles. The fourth-order valence-electron chi connectivity index (χ4n) is 2.33. The summed E-state index contributed by atoms with van der Waals surface area (Å²) in [6, 6.07) is 14.2. The van der Waals surface area contributed by atoms with Gasteiger partial charge in [0.15, 0.2) is 11.9 Å². The second kappa shape index (κ2) is 10.3. The van der Waals surface area contributed by atoms with Gasteiger partial charge >= 0.3 is 5.97 Å². The Labute approximate surface area is 174 Å². The number of sulfonamides is 1. The highest BCUT2D eigenvalue weighted by Crippen LogP contribution is 2.16. The fourth-order valence-corrected chi connectivity index (χ4v) is 3.36. The van der Waals surface area contributed by atoms with Gasteiger partial charge in [-0.05, 0) is 55.0 Å². The van der Waals surface area contributed by atoms with Gasteiger partial charge in [-0.1, -0.05) is 18.2 Å². The minimum atomic E-state index is -3.84. The Morgan fingerprint density at radius 3 is 2.37 bits per heavy atom. The number of carboxylic acid groups (broad SMARTS) is 1. The van der Waals surface area contributed by atoms with Gasteiger partial charge in [0.2, 0.25) is 10.0 Å². The predicted octanol–water partition coefficient (Wildman–Crippen LogP) is 2.63. The zero-order valence-corrected chi connectivity index (χ0v) is 16.9. The molecule has 0 amide bonds. The number of rotatable bonds is 10. The molecule has 2 aromatic carbocycles. The molecule has 0 fully saturated rings. The molecule has 0 saturated heterocycles. The van der Waals surface area contributed by atoms with Crippen LogP contribution in [0.1, 0.15) is 29.3 Å². The number of hydrogen-bond acceptors (Lipinski definition) is 6. The van der Waals surface area contributed by atoms with Crippen molar-refractivity contribution in [1.82, 2.24) is 4.72 Å². The molecular weight excluding hydrogens is 408 g/mol. The lowest BCUT2D eigenvalue weighted by molar-refractivity contribution is -0.136. The average Bonchev–Trinajstić information content (AvgIpc) is 2.72. The smallest absolute Gasteiger partial charge is 0.304 e. The lowest BCUT2D eigenvalue weighted by Gasteiger charge is -2.07. The topological polar surface area (TPSA) is 134 Å². The van der Waals surface area contributed by atoms with Gasteiger partial charge in [0.1, 0.15) is 11.8 Å². The van der Waals surface area contributed by atoms with Crippen molar-refractivity contribution in [2.45, 2.75) is 24.3 Å². The Morgan fingerprint density at radius 2 is 1.80 bits per heavy atom. The molecule has 2 N–H and O–H groups in total. The Balaban J connectivity index is 2.00. The number of ketones is 1. The molecule has 0 heterocycles. The van der Waals surface area contributed by atoms with Crippen LogP contribution in [0.15, 0.2) is 59.5 Å². The number of nitrogens with one attached hydrogen (secondary N) is 1. The summed E-state index contributed by atoms with van der Waals surface area (Å²) in [5, 5.41) is 17.3. The first kappa shape index (κ1) is 22.8. The van der Waals surface area contributed by atoms with Crippen LogP contribution < -0.4 is 9.46 Å². The summed E-state index contributed by atoms with van der Waals surface area (Å²) in [7, 11) is -3.84. The Morgan fingerprint density at radius 1 is 1.17 bits per heavy atom. The molecule has 0 aliphatic carbocycles. The van der Waals surface area contributed by atoms with Crippen LogP contribution in [0.3, 0.4) is 0 Å². The Bertz CT molecular complexity index is 1070. The van der Waals surface area contributed by atoms with Gasteiger partial charge in [0.25, 0.3) is 0 Å². The van der Waals surface area contributed by atoms with Crippen LogP contribution in [0, 0.1) is 11.3 Å². The fraction of sp³-hybridized carbons (Fsp3) is 0.190. The van der Waals surface area contributed by atoms with E-state index in [9.17, 15) is 18.0 Å². The molecule has 9 heteroatoms. The second-order valence-electron chi connectivity index (χ2n) is 6.22. The highest BCUT2D eigenvalue weighted by molar-refractivity contribution is 7.89. The minimum Gasteiger partial charge on any atom is -0.481 e. The second-order valence-corrected chi connectivity index (χ2v) is 7.99. The molecule has 0 spiro atoms. The normalized spacial score (nSPS) is 12.3. The zero-order chi connectivity index (χ0) is 22.1. The maximum absolute atomic E-state index is 12.3. The maximum atomic E-state index is 12.3. The summed E-state index contributed by atoms with van der Waals surface area (Å²) in [5.74, 6) is -0.873. The van der Waals surface area contributed by atoms with Gasteiger partial charge in [-0.2, -0.15) is 5.26 Å². The van der Waals surface area contributed by atoms with Gasteiger partial charge in [-0.3, -0.25) is 9.59 Å². The molecule has 156 valence electrons. The molecule has 2 aromatic rings. The molecule has 1 unspecified atom stereocenters. The monoisotopic (exact) mass is 428 g/mol. The van der Waals surface area contributed by atoms with E-state index in [4.69, 9.17) is 15.1 Å². The van der Waals surface area contributed by atoms with E-state index < -0.39 is 22.1 Å². The SMILES string of the molecule is CC(C#N)Oc1ccc(/C=C/C(=O)c2ccc(S(=O)(=O)NCCC(=O)O)cc2)cc1. The summed E-state index contributed by atoms with van der Waals surface area (Å²) in [5.41, 5.74) is 1.06. The third-order valence-electron chi connectivity index (χ3n) is 3.88. The van der Waals surface area contributed by atoms with Crippen molar-refractivity contribution in [3.8, 4) is 11.8 Å². The van der Waals surface area contributed by atoms with E-state index in [1.165, 1.54) is 30.3 Å². The van der Waals surface area contributed by atoms with E-state index in [1.807, 2.05) is 6.07 Å². The number of carbonyl (C=O) groups excluding carboxylic acids is 1. The van der Waals surface area contributed by atoms with Gasteiger partial charge in [0.05, 0.1) is 11.3 Å². The van der Waals surface area contributed by atoms with E-state index >= 15 is 0 Å². The van der Waals surface area contributed by atoms with Crippen LogP contribution in [-0.4, -0.2) is 37.9 Å². The summed E-state index contributed by atoms with van der Waals surface area (Å²) >= 11 is 0. The van der Waals surface area contributed by atoms with Crippen molar-refractivity contribution < 1.29 is 27.9 Å². The summed E-state index contributed by atoms with van der Waals surface area (Å²) in [6.45, 7) is 1.41. The van der Waals surface area contributed by atoms with Gasteiger partial charge in [-0.25, -0.2) is 13.1 Å². The Kier molecular flexibility index (Phi) is 7.86. The first-order valence-corrected chi connectivity index (χ1v) is 10.4. The lowest BCUT2D eigenvalue weighted by atomic mass is 10.1. The molecule has 0 saturated carbocycles. The number of aliphatic carboxylic acids is 1. The van der Waals surface area contributed by atoms with Crippen molar-refractivity contribution in [1.29, 1.82) is 5.26 Å². The maximum Gasteiger partial charge on any atom is 0.304 e. The molecule has 0 bridgehead atoms. The third kappa shape index (κ3) is 6.84. The summed E-state index contributed by atoms with van der Waals surface area (Å²) in [4.78, 5) is 22.7. The van der Waals surface area contributed by atoms with Crippen molar-refractivity contribution >= 4 is 27.9 Å². The number of carboxylic acids is 1. The molecule has 1 atom stereocenters. The summed E-state index contributed by atoms with van der Waals surface area (Å²) < 4.78 is 31.7. The highest BCUT2D eigenvalue weighted by atomic mass is 32.2. The quantitative estimate of drug-likeness (QED) is 0.439. The van der Waals surface area contributed by atoms with Crippen molar-refractivity contribution in [2.24, 2.45) is 0 Å². The molecule has 2 rings (SSSR count). The van der Waals surface area contributed by atoms with Crippen molar-refractivity contribution in [3.05, 3.63) is 65.7 Å². The molecule has 8 nitrogen and oxygen atoms in total. The van der Waals surface area contributed by atoms with Crippen LogP contribution in [0.25, 0.3) is 6.08 Å². The number of allylic oxidation sites excluding steroid dienone is 1. The molecule has 0 radical (unpaired) electrons. The zero-order valence-electron chi connectivity index (χ0n) is 16.1. The van der Waals surface area contributed by atoms with Crippen molar-refractivity contribution in [3.63, 3.8) is 0 Å². The van der Waals surface area contributed by atoms with E-state index in [0.717, 1.165) is 5.56 Å². The van der Waals surface area contributed by atoms with Gasteiger partial charge in [-0.15, -0.1) is 0 Å². The standard InChI is InChI=1S/C21H20N2O6S/c1-15(14-22)29-18-7-2-16(3-8-18)4-11-20(24)17-5-9-19(10-6-17)30(27,28)23-13-12-21(25)26/h2-11,15,23H,12-13H2,1H3,(H,25,26)/b11-4+. The van der Waals surface area contributed by atoms with Crippen LogP contribution in [0.5, 0.6) is 5.75 Å². The third-order valence-corrected chi connectivity index (χ3v) is 5.36. The number of ether oxygens (including phenoxy) is 1. The lowest BCUT2D eigenvalue weighted by Crippen LogP contribution is -2.26. The number of hydrogen-bond donors (Lipinski definition) is 2. The molecular formula is C21H20N2O6S. The molecule has 0 aliphatic rings.